The number of nitrogens with zero attached hydrogens (tertiary/aromatic N) is 2. The molecular formula is C12H18N2O4. The molecule has 1 aromatic heterocycles. The zero-order valence-electron chi connectivity index (χ0n) is 10.7. The first kappa shape index (κ1) is 12.9. The molecule has 0 saturated carbocycles. The molecule has 1 fully saturated rings. The van der Waals surface area contributed by atoms with Crippen LogP contribution in [0.15, 0.2) is 4.42 Å². The normalized spacial score (nSPS) is 16.3. The Morgan fingerprint density at radius 1 is 1.44 bits per heavy atom. The van der Waals surface area contributed by atoms with Gasteiger partial charge in [0.25, 0.3) is 0 Å². The fourth-order valence-corrected chi connectivity index (χ4v) is 1.91. The molecule has 1 aromatic rings. The Bertz CT molecular complexity index is 422. The van der Waals surface area contributed by atoms with E-state index < -0.39 is 5.97 Å². The molecule has 18 heavy (non-hydrogen) atoms. The molecule has 0 radical (unpaired) electrons. The van der Waals surface area contributed by atoms with Crippen LogP contribution in [-0.4, -0.2) is 42.4 Å². The predicted molar refractivity (Wildman–Crippen MR) is 65.0 cm³/mol. The zero-order valence-corrected chi connectivity index (χ0v) is 10.7. The lowest BCUT2D eigenvalue weighted by atomic mass is 10.1. The number of anilines is 1. The maximum absolute atomic E-state index is 11.2. The zero-order chi connectivity index (χ0) is 13.1. The van der Waals surface area contributed by atoms with Gasteiger partial charge in [-0.05, 0) is 5.92 Å². The predicted octanol–water partition coefficient (Wildman–Crippen LogP) is 1.41. The van der Waals surface area contributed by atoms with Gasteiger partial charge in [-0.3, -0.25) is 0 Å². The van der Waals surface area contributed by atoms with Crippen molar-refractivity contribution in [3.05, 3.63) is 11.6 Å². The smallest absolute Gasteiger partial charge is 0.360 e. The van der Waals surface area contributed by atoms with E-state index in [0.29, 0.717) is 50.4 Å². The van der Waals surface area contributed by atoms with Crippen LogP contribution in [0.4, 0.5) is 5.88 Å². The maximum Gasteiger partial charge on any atom is 0.360 e. The highest BCUT2D eigenvalue weighted by atomic mass is 16.5. The van der Waals surface area contributed by atoms with Crippen LogP contribution in [-0.2, 0) is 11.2 Å². The van der Waals surface area contributed by atoms with Gasteiger partial charge in [-0.1, -0.05) is 13.8 Å². The fraction of sp³-hybridized carbons (Fsp3) is 0.667. The number of carboxylic acids is 1. The lowest BCUT2D eigenvalue weighted by molar-refractivity contribution is 0.0689. The number of oxazole rings is 1. The summed E-state index contributed by atoms with van der Waals surface area (Å²) in [5.74, 6) is 0.184. The standard InChI is InChI=1S/C12H18N2O4/c1-8(2)7-9-13-10(12(15)16)11(18-9)14-3-5-17-6-4-14/h8H,3-7H2,1-2H3,(H,15,16). The average Bonchev–Trinajstić information content (AvgIpc) is 2.73. The van der Waals surface area contributed by atoms with Gasteiger partial charge in [0.05, 0.1) is 13.2 Å². The molecule has 0 aromatic carbocycles. The van der Waals surface area contributed by atoms with E-state index in [4.69, 9.17) is 14.3 Å². The van der Waals surface area contributed by atoms with E-state index in [0.717, 1.165) is 0 Å². The minimum absolute atomic E-state index is 0.00699. The third kappa shape index (κ3) is 2.81. The van der Waals surface area contributed by atoms with Crippen molar-refractivity contribution in [2.75, 3.05) is 31.2 Å². The first-order valence-corrected chi connectivity index (χ1v) is 6.13. The molecule has 0 unspecified atom stereocenters. The SMILES string of the molecule is CC(C)Cc1nc(C(=O)O)c(N2CCOCC2)o1. The first-order valence-electron chi connectivity index (χ1n) is 6.13. The van der Waals surface area contributed by atoms with Crippen molar-refractivity contribution in [3.8, 4) is 0 Å². The summed E-state index contributed by atoms with van der Waals surface area (Å²) in [6.07, 6.45) is 0.643. The fourth-order valence-electron chi connectivity index (χ4n) is 1.91. The molecule has 1 N–H and O–H groups in total. The van der Waals surface area contributed by atoms with E-state index in [1.54, 1.807) is 0 Å². The topological polar surface area (TPSA) is 75.8 Å². The Morgan fingerprint density at radius 2 is 2.11 bits per heavy atom. The Labute approximate surface area is 106 Å². The maximum atomic E-state index is 11.2. The lowest BCUT2D eigenvalue weighted by Crippen LogP contribution is -2.36. The van der Waals surface area contributed by atoms with Crippen molar-refractivity contribution in [2.24, 2.45) is 5.92 Å². The van der Waals surface area contributed by atoms with E-state index in [1.807, 2.05) is 18.7 Å². The summed E-state index contributed by atoms with van der Waals surface area (Å²) >= 11 is 0. The summed E-state index contributed by atoms with van der Waals surface area (Å²) in [7, 11) is 0. The number of rotatable bonds is 4. The van der Waals surface area contributed by atoms with Crippen molar-refractivity contribution in [2.45, 2.75) is 20.3 Å². The first-order chi connectivity index (χ1) is 8.58. The molecule has 100 valence electrons. The number of carboxylic acid groups (broad SMARTS) is 1. The van der Waals surface area contributed by atoms with Crippen LogP contribution in [0.5, 0.6) is 0 Å². The molecule has 1 aliphatic heterocycles. The molecule has 0 atom stereocenters. The molecule has 0 spiro atoms. The summed E-state index contributed by atoms with van der Waals surface area (Å²) in [5, 5.41) is 9.16. The van der Waals surface area contributed by atoms with Crippen LogP contribution in [0.2, 0.25) is 0 Å². The van der Waals surface area contributed by atoms with E-state index in [-0.39, 0.29) is 5.69 Å². The molecular weight excluding hydrogens is 236 g/mol. The largest absolute Gasteiger partial charge is 0.476 e. The van der Waals surface area contributed by atoms with Crippen molar-refractivity contribution < 1.29 is 19.1 Å². The average molecular weight is 254 g/mol. The van der Waals surface area contributed by atoms with Gasteiger partial charge in [0.1, 0.15) is 0 Å². The van der Waals surface area contributed by atoms with Gasteiger partial charge in [-0.25, -0.2) is 9.78 Å². The Morgan fingerprint density at radius 3 is 2.67 bits per heavy atom. The van der Waals surface area contributed by atoms with Gasteiger partial charge in [0.2, 0.25) is 11.6 Å². The molecule has 2 heterocycles. The summed E-state index contributed by atoms with van der Waals surface area (Å²) in [5.41, 5.74) is 0.00699. The lowest BCUT2D eigenvalue weighted by Gasteiger charge is -2.26. The number of carbonyl (C=O) groups is 1. The number of aromatic nitrogens is 1. The van der Waals surface area contributed by atoms with Gasteiger partial charge < -0.3 is 19.2 Å². The van der Waals surface area contributed by atoms with Crippen LogP contribution in [0.25, 0.3) is 0 Å². The van der Waals surface area contributed by atoms with Gasteiger partial charge in [0.15, 0.2) is 5.89 Å². The highest BCUT2D eigenvalue weighted by Gasteiger charge is 2.25. The third-order valence-electron chi connectivity index (χ3n) is 2.74. The second-order valence-corrected chi connectivity index (χ2v) is 4.76. The van der Waals surface area contributed by atoms with Crippen molar-refractivity contribution in [3.63, 3.8) is 0 Å². The van der Waals surface area contributed by atoms with Crippen LogP contribution >= 0.6 is 0 Å². The third-order valence-corrected chi connectivity index (χ3v) is 2.74. The van der Waals surface area contributed by atoms with Crippen molar-refractivity contribution >= 4 is 11.9 Å². The van der Waals surface area contributed by atoms with E-state index in [9.17, 15) is 4.79 Å². The van der Waals surface area contributed by atoms with Crippen molar-refractivity contribution in [1.82, 2.24) is 4.98 Å². The number of morpholine rings is 1. The summed E-state index contributed by atoms with van der Waals surface area (Å²) in [6, 6.07) is 0. The number of aromatic carboxylic acids is 1. The molecule has 6 heteroatoms. The van der Waals surface area contributed by atoms with Crippen LogP contribution in [0.3, 0.4) is 0 Å². The second kappa shape index (κ2) is 5.39. The quantitative estimate of drug-likeness (QED) is 0.875. The van der Waals surface area contributed by atoms with Crippen LogP contribution in [0, 0.1) is 5.92 Å². The number of hydrogen-bond acceptors (Lipinski definition) is 5. The van der Waals surface area contributed by atoms with Gasteiger partial charge in [-0.15, -0.1) is 0 Å². The van der Waals surface area contributed by atoms with E-state index in [1.165, 1.54) is 0 Å². The summed E-state index contributed by atoms with van der Waals surface area (Å²) < 4.78 is 10.8. The van der Waals surface area contributed by atoms with Crippen LogP contribution < -0.4 is 4.90 Å². The van der Waals surface area contributed by atoms with Crippen molar-refractivity contribution in [1.29, 1.82) is 0 Å². The number of ether oxygens (including phenoxy) is 1. The minimum atomic E-state index is -1.05. The Kier molecular flexibility index (Phi) is 3.86. The summed E-state index contributed by atoms with van der Waals surface area (Å²) in [6.45, 7) is 6.52. The van der Waals surface area contributed by atoms with Gasteiger partial charge in [-0.2, -0.15) is 0 Å². The van der Waals surface area contributed by atoms with Gasteiger partial charge >= 0.3 is 5.97 Å². The Hall–Kier alpha value is -1.56. The number of hydrogen-bond donors (Lipinski definition) is 1. The Balaban J connectivity index is 2.25. The van der Waals surface area contributed by atoms with Crippen LogP contribution in [0.1, 0.15) is 30.2 Å². The van der Waals surface area contributed by atoms with E-state index >= 15 is 0 Å². The van der Waals surface area contributed by atoms with E-state index in [2.05, 4.69) is 4.98 Å². The summed E-state index contributed by atoms with van der Waals surface area (Å²) in [4.78, 5) is 17.1. The molecule has 0 bridgehead atoms. The molecule has 2 rings (SSSR count). The highest BCUT2D eigenvalue weighted by Crippen LogP contribution is 2.24. The second-order valence-electron chi connectivity index (χ2n) is 4.76. The molecule has 1 aliphatic rings. The molecule has 0 amide bonds. The van der Waals surface area contributed by atoms with Gasteiger partial charge in [0, 0.05) is 19.5 Å². The highest BCUT2D eigenvalue weighted by molar-refractivity contribution is 5.90. The minimum Gasteiger partial charge on any atom is -0.476 e. The molecule has 6 nitrogen and oxygen atoms in total. The molecule has 0 aliphatic carbocycles. The molecule has 1 saturated heterocycles. The monoisotopic (exact) mass is 254 g/mol.